The number of carbonyl (C=O) groups is 3. The molecule has 1 N–H and O–H groups in total. The van der Waals surface area contributed by atoms with Gasteiger partial charge in [-0.1, -0.05) is 44.4 Å². The molecule has 0 aromatic rings. The predicted octanol–water partition coefficient (Wildman–Crippen LogP) is 1.18. The van der Waals surface area contributed by atoms with Crippen LogP contribution in [0.2, 0.25) is 0 Å². The van der Waals surface area contributed by atoms with Crippen LogP contribution in [0.1, 0.15) is 45.4 Å². The molecule has 0 radical (unpaired) electrons. The standard InChI is InChI=1S/C24H32N2O6/c1-2-15(14-27)26-20-22(29)25(16-8-4-3-5-9-16)12-7-11-24(20)19(21(26)28)18-17(32-24)10-6-13-31-23(18)30/h6-7,10-11,15-20,27H,2-5,8-9,12-14H2,1H3/t15-,17+,18-,19-,20?,24-/m0/s1. The van der Waals surface area contributed by atoms with E-state index in [1.807, 2.05) is 24.0 Å². The number of esters is 1. The van der Waals surface area contributed by atoms with Gasteiger partial charge in [0.05, 0.1) is 24.7 Å². The maximum atomic E-state index is 14.1. The molecule has 32 heavy (non-hydrogen) atoms. The molecule has 6 atom stereocenters. The van der Waals surface area contributed by atoms with E-state index in [0.29, 0.717) is 13.0 Å². The van der Waals surface area contributed by atoms with Crippen molar-refractivity contribution in [2.75, 3.05) is 19.8 Å². The quantitative estimate of drug-likeness (QED) is 0.517. The Balaban J connectivity index is 1.60. The number of cyclic esters (lactones) is 1. The Morgan fingerprint density at radius 1 is 1.16 bits per heavy atom. The van der Waals surface area contributed by atoms with Crippen molar-refractivity contribution in [1.29, 1.82) is 0 Å². The van der Waals surface area contributed by atoms with Gasteiger partial charge in [0.2, 0.25) is 11.8 Å². The average molecular weight is 445 g/mol. The van der Waals surface area contributed by atoms with Crippen molar-refractivity contribution in [2.24, 2.45) is 11.8 Å². The third kappa shape index (κ3) is 3.06. The number of nitrogens with zero attached hydrogens (tertiary/aromatic N) is 2. The molecule has 1 aliphatic carbocycles. The van der Waals surface area contributed by atoms with Crippen molar-refractivity contribution in [2.45, 2.75) is 75.3 Å². The van der Waals surface area contributed by atoms with E-state index in [1.165, 1.54) is 11.3 Å². The number of aliphatic hydroxyl groups excluding tert-OH is 1. The van der Waals surface area contributed by atoms with Crippen LogP contribution in [-0.2, 0) is 23.9 Å². The molecule has 174 valence electrons. The summed E-state index contributed by atoms with van der Waals surface area (Å²) >= 11 is 0. The molecule has 3 fully saturated rings. The molecule has 1 saturated carbocycles. The summed E-state index contributed by atoms with van der Waals surface area (Å²) in [6.07, 6.45) is 12.4. The second kappa shape index (κ2) is 8.30. The van der Waals surface area contributed by atoms with E-state index in [9.17, 15) is 19.5 Å². The molecule has 8 heteroatoms. The fourth-order valence-electron chi connectivity index (χ4n) is 6.45. The largest absolute Gasteiger partial charge is 0.461 e. The van der Waals surface area contributed by atoms with E-state index in [2.05, 4.69) is 0 Å². The Labute approximate surface area is 188 Å². The van der Waals surface area contributed by atoms with Gasteiger partial charge in [0.15, 0.2) is 0 Å². The van der Waals surface area contributed by atoms with Crippen LogP contribution in [-0.4, -0.2) is 82.3 Å². The number of hydrogen-bond donors (Lipinski definition) is 1. The highest BCUT2D eigenvalue weighted by molar-refractivity contribution is 5.99. The first-order valence-electron chi connectivity index (χ1n) is 12.0. The van der Waals surface area contributed by atoms with Crippen LogP contribution in [0.15, 0.2) is 24.3 Å². The van der Waals surface area contributed by atoms with Gasteiger partial charge in [-0.15, -0.1) is 0 Å². The van der Waals surface area contributed by atoms with Gasteiger partial charge in [-0.2, -0.15) is 0 Å². The zero-order valence-corrected chi connectivity index (χ0v) is 18.5. The second-order valence-corrected chi connectivity index (χ2v) is 9.58. The van der Waals surface area contributed by atoms with Crippen LogP contribution in [0, 0.1) is 11.8 Å². The lowest BCUT2D eigenvalue weighted by Crippen LogP contribution is -2.59. The number of carbonyl (C=O) groups excluding carboxylic acids is 3. The summed E-state index contributed by atoms with van der Waals surface area (Å²) in [5.41, 5.74) is -1.24. The minimum atomic E-state index is -1.24. The smallest absolute Gasteiger partial charge is 0.313 e. The summed E-state index contributed by atoms with van der Waals surface area (Å²) in [4.78, 5) is 44.3. The Hall–Kier alpha value is -2.19. The predicted molar refractivity (Wildman–Crippen MR) is 114 cm³/mol. The lowest BCUT2D eigenvalue weighted by molar-refractivity contribution is -0.155. The lowest BCUT2D eigenvalue weighted by atomic mass is 9.78. The summed E-state index contributed by atoms with van der Waals surface area (Å²) in [6, 6.07) is -1.28. The number of amides is 2. The SMILES string of the molecule is CC[C@@H](CO)N1C(=O)[C@@H]2[C@H]3C(=O)OCC=C[C@H]3O[C@@]23C=CCN(C2CCCCC2)C(=O)C13. The molecule has 1 unspecified atom stereocenters. The highest BCUT2D eigenvalue weighted by atomic mass is 16.6. The molecule has 8 nitrogen and oxygen atoms in total. The Bertz CT molecular complexity index is 845. The number of likely N-dealkylation sites (tertiary alicyclic amines) is 1. The van der Waals surface area contributed by atoms with Crippen molar-refractivity contribution < 1.29 is 29.0 Å². The van der Waals surface area contributed by atoms with Gasteiger partial charge < -0.3 is 24.4 Å². The molecule has 4 heterocycles. The van der Waals surface area contributed by atoms with Gasteiger partial charge in [-0.05, 0) is 25.3 Å². The average Bonchev–Trinajstić information content (AvgIpc) is 3.10. The van der Waals surface area contributed by atoms with E-state index in [0.717, 1.165) is 25.7 Å². The number of aliphatic hydroxyl groups is 1. The number of fused-ring (bicyclic) bond motifs is 2. The third-order valence-electron chi connectivity index (χ3n) is 7.97. The minimum absolute atomic E-state index is 0.137. The first-order valence-corrected chi connectivity index (χ1v) is 12.0. The maximum absolute atomic E-state index is 14.1. The summed E-state index contributed by atoms with van der Waals surface area (Å²) in [6.45, 7) is 2.25. The van der Waals surface area contributed by atoms with Gasteiger partial charge in [0, 0.05) is 12.6 Å². The van der Waals surface area contributed by atoms with Gasteiger partial charge in [-0.25, -0.2) is 0 Å². The van der Waals surface area contributed by atoms with Crippen LogP contribution in [0.4, 0.5) is 0 Å². The minimum Gasteiger partial charge on any atom is -0.461 e. The zero-order valence-electron chi connectivity index (χ0n) is 18.5. The fraction of sp³-hybridized carbons (Fsp3) is 0.708. The summed E-state index contributed by atoms with van der Waals surface area (Å²) in [7, 11) is 0. The molecule has 0 bridgehead atoms. The number of hydrogen-bond acceptors (Lipinski definition) is 6. The van der Waals surface area contributed by atoms with Gasteiger partial charge >= 0.3 is 5.97 Å². The Kier molecular flexibility index (Phi) is 5.61. The molecule has 0 aromatic carbocycles. The molecule has 4 aliphatic heterocycles. The first kappa shape index (κ1) is 21.6. The van der Waals surface area contributed by atoms with E-state index in [1.54, 1.807) is 12.2 Å². The summed E-state index contributed by atoms with van der Waals surface area (Å²) in [5, 5.41) is 10.1. The van der Waals surface area contributed by atoms with E-state index in [-0.39, 0.29) is 31.1 Å². The number of ether oxygens (including phenoxy) is 2. The van der Waals surface area contributed by atoms with Crippen molar-refractivity contribution in [3.05, 3.63) is 24.3 Å². The Morgan fingerprint density at radius 3 is 2.66 bits per heavy atom. The molecule has 2 saturated heterocycles. The van der Waals surface area contributed by atoms with Crippen molar-refractivity contribution >= 4 is 17.8 Å². The van der Waals surface area contributed by atoms with Gasteiger partial charge in [-0.3, -0.25) is 14.4 Å². The van der Waals surface area contributed by atoms with Crippen molar-refractivity contribution in [3.63, 3.8) is 0 Å². The molecular formula is C24H32N2O6. The fourth-order valence-corrected chi connectivity index (χ4v) is 6.45. The summed E-state index contributed by atoms with van der Waals surface area (Å²) in [5.74, 6) is -2.57. The first-order chi connectivity index (χ1) is 15.5. The molecule has 5 rings (SSSR count). The maximum Gasteiger partial charge on any atom is 0.313 e. The Morgan fingerprint density at radius 2 is 1.94 bits per heavy atom. The van der Waals surface area contributed by atoms with Crippen LogP contribution in [0.25, 0.3) is 0 Å². The van der Waals surface area contributed by atoms with Gasteiger partial charge in [0.1, 0.15) is 24.2 Å². The molecular weight excluding hydrogens is 412 g/mol. The monoisotopic (exact) mass is 444 g/mol. The van der Waals surface area contributed by atoms with Crippen molar-refractivity contribution in [1.82, 2.24) is 9.80 Å². The second-order valence-electron chi connectivity index (χ2n) is 9.58. The molecule has 2 amide bonds. The topological polar surface area (TPSA) is 96.4 Å². The van der Waals surface area contributed by atoms with E-state index in [4.69, 9.17) is 9.47 Å². The zero-order chi connectivity index (χ0) is 22.5. The van der Waals surface area contributed by atoms with Crippen LogP contribution < -0.4 is 0 Å². The van der Waals surface area contributed by atoms with Crippen LogP contribution >= 0.6 is 0 Å². The highest BCUT2D eigenvalue weighted by Crippen LogP contribution is 2.54. The molecule has 1 spiro atoms. The normalized spacial score (nSPS) is 38.1. The lowest BCUT2D eigenvalue weighted by Gasteiger charge is -2.41. The van der Waals surface area contributed by atoms with E-state index < -0.39 is 41.6 Å². The van der Waals surface area contributed by atoms with Crippen molar-refractivity contribution in [3.8, 4) is 0 Å². The van der Waals surface area contributed by atoms with Crippen LogP contribution in [0.3, 0.4) is 0 Å². The van der Waals surface area contributed by atoms with Crippen LogP contribution in [0.5, 0.6) is 0 Å². The molecule has 5 aliphatic rings. The van der Waals surface area contributed by atoms with E-state index >= 15 is 0 Å². The third-order valence-corrected chi connectivity index (χ3v) is 7.97. The highest BCUT2D eigenvalue weighted by Gasteiger charge is 2.72. The molecule has 0 aromatic heterocycles. The summed E-state index contributed by atoms with van der Waals surface area (Å²) < 4.78 is 11.8. The van der Waals surface area contributed by atoms with Gasteiger partial charge in [0.25, 0.3) is 0 Å². The number of rotatable bonds is 4.